The number of amides is 1. The van der Waals surface area contributed by atoms with Crippen LogP contribution in [0.5, 0.6) is 0 Å². The van der Waals surface area contributed by atoms with Crippen LogP contribution in [0.15, 0.2) is 40.9 Å². The first-order valence-electron chi connectivity index (χ1n) is 11.2. The fourth-order valence-corrected chi connectivity index (χ4v) is 4.79. The number of likely N-dealkylation sites (N-methyl/N-ethyl adjacent to an activating group) is 1. The third-order valence-corrected chi connectivity index (χ3v) is 6.74. The van der Waals surface area contributed by atoms with Gasteiger partial charge < -0.3 is 19.1 Å². The average molecular weight is 493 g/mol. The second-order valence-corrected chi connectivity index (χ2v) is 10.2. The molecule has 0 aliphatic carbocycles. The molecule has 9 heteroatoms. The second kappa shape index (κ2) is 9.87. The normalized spacial score (nSPS) is 11.0. The van der Waals surface area contributed by atoms with Crippen LogP contribution in [0, 0.1) is 20.8 Å². The third-order valence-electron chi connectivity index (χ3n) is 5.78. The van der Waals surface area contributed by atoms with Crippen LogP contribution in [-0.4, -0.2) is 54.7 Å². The molecule has 0 atom stereocenters. The number of hydrogen-bond acceptors (Lipinski definition) is 8. The summed E-state index contributed by atoms with van der Waals surface area (Å²) in [6.07, 6.45) is 0. The fraction of sp³-hybridized carbons (Fsp3) is 0.308. The molecule has 0 radical (unpaired) electrons. The molecule has 0 aliphatic rings. The lowest BCUT2D eigenvalue weighted by atomic mass is 10.1. The minimum atomic E-state index is -0.619. The number of aryl methyl sites for hydroxylation is 3. The Morgan fingerprint density at radius 3 is 2.40 bits per heavy atom. The summed E-state index contributed by atoms with van der Waals surface area (Å²) >= 11 is 1.65. The van der Waals surface area contributed by atoms with Gasteiger partial charge in [0.15, 0.2) is 6.61 Å². The summed E-state index contributed by atoms with van der Waals surface area (Å²) in [5.74, 6) is -0.918. The highest BCUT2D eigenvalue weighted by Crippen LogP contribution is 2.33. The fourth-order valence-electron chi connectivity index (χ4n) is 3.86. The Bertz CT molecular complexity index is 1390. The molecule has 0 aliphatic heterocycles. The van der Waals surface area contributed by atoms with E-state index in [9.17, 15) is 9.59 Å². The first-order chi connectivity index (χ1) is 16.6. The van der Waals surface area contributed by atoms with Crippen LogP contribution in [0.25, 0.3) is 22.4 Å². The Hall–Kier alpha value is -3.72. The van der Waals surface area contributed by atoms with Gasteiger partial charge in [-0.3, -0.25) is 4.79 Å². The largest absolute Gasteiger partial charge is 0.452 e. The molecule has 35 heavy (non-hydrogen) atoms. The Morgan fingerprint density at radius 2 is 1.77 bits per heavy atom. The Morgan fingerprint density at radius 1 is 1.06 bits per heavy atom. The van der Waals surface area contributed by atoms with Gasteiger partial charge in [0.25, 0.3) is 11.6 Å². The topological polar surface area (TPSA) is 88.8 Å². The number of thiophene rings is 1. The molecule has 0 unspecified atom stereocenters. The molecule has 4 aromatic rings. The van der Waals surface area contributed by atoms with Gasteiger partial charge >= 0.3 is 5.97 Å². The van der Waals surface area contributed by atoms with Crippen molar-refractivity contribution in [1.82, 2.24) is 15.0 Å². The summed E-state index contributed by atoms with van der Waals surface area (Å²) in [6, 6.07) is 11.7. The number of hydrogen-bond donors (Lipinski definition) is 0. The van der Waals surface area contributed by atoms with Crippen LogP contribution in [0.3, 0.4) is 0 Å². The second-order valence-electron chi connectivity index (χ2n) is 8.72. The van der Waals surface area contributed by atoms with Gasteiger partial charge in [-0.15, -0.1) is 11.3 Å². The Balaban J connectivity index is 1.49. The lowest BCUT2D eigenvalue weighted by Gasteiger charge is -2.18. The van der Waals surface area contributed by atoms with E-state index in [1.54, 1.807) is 31.4 Å². The summed E-state index contributed by atoms with van der Waals surface area (Å²) < 4.78 is 10.8. The maximum atomic E-state index is 13.1. The van der Waals surface area contributed by atoms with Crippen molar-refractivity contribution in [2.45, 2.75) is 27.3 Å². The molecule has 3 heterocycles. The summed E-state index contributed by atoms with van der Waals surface area (Å²) in [7, 11) is 5.63. The van der Waals surface area contributed by atoms with Crippen molar-refractivity contribution in [2.24, 2.45) is 0 Å². The van der Waals surface area contributed by atoms with Crippen molar-refractivity contribution in [3.63, 3.8) is 0 Å². The van der Waals surface area contributed by atoms with Crippen molar-refractivity contribution in [3.05, 3.63) is 63.0 Å². The molecule has 0 bridgehead atoms. The smallest absolute Gasteiger partial charge is 0.339 e. The Labute approximate surface area is 208 Å². The number of anilines is 1. The zero-order valence-corrected chi connectivity index (χ0v) is 21.5. The number of ether oxygens (including phenoxy) is 1. The molecule has 182 valence electrons. The molecule has 8 nitrogen and oxygen atoms in total. The number of benzene rings is 1. The molecule has 3 aromatic heterocycles. The van der Waals surface area contributed by atoms with Gasteiger partial charge in [0, 0.05) is 48.7 Å². The maximum absolute atomic E-state index is 13.1. The van der Waals surface area contributed by atoms with Gasteiger partial charge in [0.05, 0.1) is 22.3 Å². The summed E-state index contributed by atoms with van der Waals surface area (Å²) in [5.41, 5.74) is 4.67. The third kappa shape index (κ3) is 5.19. The summed E-state index contributed by atoms with van der Waals surface area (Å²) in [6.45, 7) is 5.81. The molecular formula is C26H28N4O4S. The van der Waals surface area contributed by atoms with Crippen LogP contribution < -0.4 is 4.90 Å². The van der Waals surface area contributed by atoms with Crippen molar-refractivity contribution in [3.8, 4) is 11.3 Å². The lowest BCUT2D eigenvalue weighted by Crippen LogP contribution is -2.30. The van der Waals surface area contributed by atoms with Gasteiger partial charge in [-0.05, 0) is 50.6 Å². The molecule has 0 saturated heterocycles. The number of fused-ring (bicyclic) bond motifs is 1. The molecular weight excluding hydrogens is 464 g/mol. The van der Waals surface area contributed by atoms with E-state index in [4.69, 9.17) is 9.26 Å². The van der Waals surface area contributed by atoms with Crippen LogP contribution in [0.2, 0.25) is 0 Å². The predicted molar refractivity (Wildman–Crippen MR) is 137 cm³/mol. The van der Waals surface area contributed by atoms with Crippen molar-refractivity contribution in [1.29, 1.82) is 0 Å². The van der Waals surface area contributed by atoms with E-state index in [1.807, 2.05) is 63.2 Å². The number of aromatic nitrogens is 2. The SMILES string of the molecule is Cc1cc(-c2cc(C(=O)OCC(=O)N(C)Cc3ccc(N(C)C)cc3)c3c(C)noc3n2)c(C)s1. The summed E-state index contributed by atoms with van der Waals surface area (Å²) in [4.78, 5) is 36.1. The van der Waals surface area contributed by atoms with Crippen molar-refractivity contribution in [2.75, 3.05) is 32.6 Å². The van der Waals surface area contributed by atoms with Crippen LogP contribution >= 0.6 is 11.3 Å². The van der Waals surface area contributed by atoms with Gasteiger partial charge in [-0.1, -0.05) is 17.3 Å². The van der Waals surface area contributed by atoms with E-state index < -0.39 is 5.97 Å². The molecule has 0 fully saturated rings. The highest BCUT2D eigenvalue weighted by molar-refractivity contribution is 7.12. The first-order valence-corrected chi connectivity index (χ1v) is 12.0. The van der Waals surface area contributed by atoms with Crippen LogP contribution in [0.4, 0.5) is 5.69 Å². The minimum absolute atomic E-state index is 0.264. The highest BCUT2D eigenvalue weighted by atomic mass is 32.1. The number of nitrogens with zero attached hydrogens (tertiary/aromatic N) is 4. The predicted octanol–water partition coefficient (Wildman–Crippen LogP) is 4.76. The molecule has 0 saturated carbocycles. The van der Waals surface area contributed by atoms with Gasteiger partial charge in [0.2, 0.25) is 0 Å². The standard InChI is InChI=1S/C26H28N4O4S/c1-15-11-20(17(3)35-15)22-12-21(24-16(2)28-34-25(24)27-22)26(32)33-14-23(31)30(6)13-18-7-9-19(10-8-18)29(4)5/h7-12H,13-14H2,1-6H3. The maximum Gasteiger partial charge on any atom is 0.339 e. The number of rotatable bonds is 7. The van der Waals surface area contributed by atoms with E-state index in [-0.39, 0.29) is 23.8 Å². The number of pyridine rings is 1. The van der Waals surface area contributed by atoms with E-state index >= 15 is 0 Å². The van der Waals surface area contributed by atoms with E-state index in [2.05, 4.69) is 10.1 Å². The van der Waals surface area contributed by atoms with E-state index in [1.165, 1.54) is 4.90 Å². The van der Waals surface area contributed by atoms with Crippen LogP contribution in [0.1, 0.15) is 31.4 Å². The van der Waals surface area contributed by atoms with Crippen LogP contribution in [-0.2, 0) is 16.1 Å². The van der Waals surface area contributed by atoms with E-state index in [0.29, 0.717) is 23.3 Å². The van der Waals surface area contributed by atoms with Crippen molar-refractivity contribution < 1.29 is 18.8 Å². The van der Waals surface area contributed by atoms with Gasteiger partial charge in [0.1, 0.15) is 0 Å². The van der Waals surface area contributed by atoms with Gasteiger partial charge in [-0.25, -0.2) is 9.78 Å². The number of carbonyl (C=O) groups is 2. The number of carbonyl (C=O) groups excluding carboxylic acids is 2. The molecule has 1 amide bonds. The average Bonchev–Trinajstić information content (AvgIpc) is 3.37. The highest BCUT2D eigenvalue weighted by Gasteiger charge is 2.23. The molecule has 0 spiro atoms. The Kier molecular flexibility index (Phi) is 6.88. The lowest BCUT2D eigenvalue weighted by molar-refractivity contribution is -0.133. The monoisotopic (exact) mass is 492 g/mol. The number of esters is 1. The first kappa shape index (κ1) is 24.4. The zero-order chi connectivity index (χ0) is 25.3. The zero-order valence-electron chi connectivity index (χ0n) is 20.7. The van der Waals surface area contributed by atoms with E-state index in [0.717, 1.165) is 26.6 Å². The quantitative estimate of drug-likeness (QED) is 0.344. The molecule has 4 rings (SSSR count). The summed E-state index contributed by atoms with van der Waals surface area (Å²) in [5, 5.41) is 4.46. The molecule has 0 N–H and O–H groups in total. The van der Waals surface area contributed by atoms with Gasteiger partial charge in [-0.2, -0.15) is 0 Å². The minimum Gasteiger partial charge on any atom is -0.452 e. The molecule has 1 aromatic carbocycles. The van der Waals surface area contributed by atoms with Crippen molar-refractivity contribution >= 4 is 40.0 Å².